The van der Waals surface area contributed by atoms with Crippen LogP contribution in [-0.2, 0) is 12.4 Å². The van der Waals surface area contributed by atoms with Crippen molar-refractivity contribution in [2.45, 2.75) is 12.4 Å². The van der Waals surface area contributed by atoms with Crippen molar-refractivity contribution in [1.82, 2.24) is 5.48 Å². The molecule has 0 saturated carbocycles. The maximum Gasteiger partial charge on any atom is 0.420 e. The van der Waals surface area contributed by atoms with Gasteiger partial charge in [-0.2, -0.15) is 26.3 Å². The molecule has 0 atom stereocenters. The number of nitrogens with one attached hydrogen (secondary N) is 2. The number of hydrogen-bond acceptors (Lipinski definition) is 4. The van der Waals surface area contributed by atoms with E-state index in [1.54, 1.807) is 0 Å². The number of halogens is 9. The number of amides is 2. The Morgan fingerprint density at radius 1 is 0.811 bits per heavy atom. The van der Waals surface area contributed by atoms with Crippen molar-refractivity contribution in [1.29, 1.82) is 0 Å². The summed E-state index contributed by atoms with van der Waals surface area (Å²) in [6, 6.07) is 5.30. The quantitative estimate of drug-likeness (QED) is 0.169. The number of carbonyl (C=O) groups is 2. The van der Waals surface area contributed by atoms with E-state index in [1.807, 2.05) is 5.32 Å². The molecule has 0 heterocycles. The van der Waals surface area contributed by atoms with Crippen LogP contribution in [-0.4, -0.2) is 17.0 Å². The average molecular weight is 599 g/mol. The van der Waals surface area contributed by atoms with Gasteiger partial charge >= 0.3 is 12.4 Å². The van der Waals surface area contributed by atoms with E-state index in [2.05, 4.69) is 15.9 Å². The number of carbonyl (C=O) groups excluding carboxylic acids is 2. The van der Waals surface area contributed by atoms with E-state index in [4.69, 9.17) is 9.94 Å². The third-order valence-electron chi connectivity index (χ3n) is 4.67. The highest BCUT2D eigenvalue weighted by atomic mass is 79.9. The number of hydrogen-bond donors (Lipinski definition) is 3. The first-order valence-electron chi connectivity index (χ1n) is 9.63. The van der Waals surface area contributed by atoms with Crippen LogP contribution < -0.4 is 15.5 Å². The second-order valence-electron chi connectivity index (χ2n) is 7.13. The van der Waals surface area contributed by atoms with Crippen LogP contribution in [0.2, 0.25) is 0 Å². The topological polar surface area (TPSA) is 87.7 Å². The molecule has 0 bridgehead atoms. The summed E-state index contributed by atoms with van der Waals surface area (Å²) in [6.45, 7) is 0. The van der Waals surface area contributed by atoms with Gasteiger partial charge in [0.25, 0.3) is 11.8 Å². The lowest BCUT2D eigenvalue weighted by molar-refractivity contribution is -0.140. The van der Waals surface area contributed by atoms with Crippen molar-refractivity contribution in [2.75, 3.05) is 5.32 Å². The molecule has 3 N–H and O–H groups in total. The number of alkyl halides is 6. The molecule has 0 spiro atoms. The summed E-state index contributed by atoms with van der Waals surface area (Å²) in [7, 11) is 0. The molecule has 3 rings (SSSR count). The van der Waals surface area contributed by atoms with Crippen LogP contribution in [0.5, 0.6) is 11.5 Å². The second-order valence-corrected chi connectivity index (χ2v) is 8.04. The van der Waals surface area contributed by atoms with E-state index in [0.29, 0.717) is 24.3 Å². The van der Waals surface area contributed by atoms with Crippen molar-refractivity contribution in [3.05, 3.63) is 86.9 Å². The molecule has 0 radical (unpaired) electrons. The number of hydroxylamine groups is 1. The van der Waals surface area contributed by atoms with Crippen molar-refractivity contribution in [3.63, 3.8) is 0 Å². The van der Waals surface area contributed by atoms with Gasteiger partial charge in [-0.25, -0.2) is 14.3 Å². The molecule has 0 aliphatic carbocycles. The first-order valence-corrected chi connectivity index (χ1v) is 10.4. The number of ether oxygens (including phenoxy) is 1. The van der Waals surface area contributed by atoms with E-state index in [9.17, 15) is 44.7 Å². The fourth-order valence-electron chi connectivity index (χ4n) is 3.04. The lowest BCUT2D eigenvalue weighted by Crippen LogP contribution is -2.21. The predicted octanol–water partition coefficient (Wildman–Crippen LogP) is 6.93. The lowest BCUT2D eigenvalue weighted by atomic mass is 10.1. The molecule has 6 nitrogen and oxygen atoms in total. The molecule has 3 aromatic rings. The van der Waals surface area contributed by atoms with Gasteiger partial charge in [0.1, 0.15) is 22.9 Å². The van der Waals surface area contributed by atoms with Crippen molar-refractivity contribution < 1.29 is 54.7 Å². The van der Waals surface area contributed by atoms with Gasteiger partial charge < -0.3 is 10.1 Å². The van der Waals surface area contributed by atoms with Gasteiger partial charge in [0.15, 0.2) is 5.82 Å². The van der Waals surface area contributed by atoms with Crippen LogP contribution in [0.1, 0.15) is 31.8 Å². The van der Waals surface area contributed by atoms with Gasteiger partial charge in [0.05, 0.1) is 16.7 Å². The summed E-state index contributed by atoms with van der Waals surface area (Å²) in [6.07, 6.45) is -10.3. The molecule has 2 amide bonds. The van der Waals surface area contributed by atoms with Crippen LogP contribution in [0.4, 0.5) is 40.8 Å². The summed E-state index contributed by atoms with van der Waals surface area (Å²) >= 11 is 2.84. The molecule has 0 fully saturated rings. The summed E-state index contributed by atoms with van der Waals surface area (Å²) in [4.78, 5) is 24.4. The average Bonchev–Trinajstić information content (AvgIpc) is 2.79. The highest BCUT2D eigenvalue weighted by Gasteiger charge is 2.39. The lowest BCUT2D eigenvalue weighted by Gasteiger charge is -2.18. The minimum absolute atomic E-state index is 0.0252. The Morgan fingerprint density at radius 3 is 2.03 bits per heavy atom. The van der Waals surface area contributed by atoms with Gasteiger partial charge in [0.2, 0.25) is 0 Å². The summed E-state index contributed by atoms with van der Waals surface area (Å²) in [5.41, 5.74) is -4.83. The number of rotatable bonds is 5. The van der Waals surface area contributed by atoms with Crippen molar-refractivity contribution >= 4 is 33.4 Å². The fourth-order valence-corrected chi connectivity index (χ4v) is 3.40. The van der Waals surface area contributed by atoms with E-state index >= 15 is 0 Å². The third-order valence-corrected chi connectivity index (χ3v) is 5.17. The minimum Gasteiger partial charge on any atom is -0.456 e. The molecule has 0 unspecified atom stereocenters. The summed E-state index contributed by atoms with van der Waals surface area (Å²) in [5.74, 6) is -8.26. The van der Waals surface area contributed by atoms with Crippen molar-refractivity contribution in [2.24, 2.45) is 0 Å². The number of anilines is 1. The highest BCUT2D eigenvalue weighted by Crippen LogP contribution is 2.42. The van der Waals surface area contributed by atoms with Crippen LogP contribution in [0.25, 0.3) is 0 Å². The first kappa shape index (κ1) is 27.9. The molecule has 0 saturated heterocycles. The molecular weight excluding hydrogens is 588 g/mol. The zero-order valence-corrected chi connectivity index (χ0v) is 19.3. The Labute approximate surface area is 209 Å². The molecule has 3 aromatic carbocycles. The fraction of sp³-hybridized carbons (Fsp3) is 0.0909. The molecule has 15 heteroatoms. The monoisotopic (exact) mass is 598 g/mol. The smallest absolute Gasteiger partial charge is 0.420 e. The van der Waals surface area contributed by atoms with E-state index in [1.165, 1.54) is 0 Å². The zero-order valence-electron chi connectivity index (χ0n) is 17.7. The van der Waals surface area contributed by atoms with Gasteiger partial charge in [0, 0.05) is 10.2 Å². The molecule has 196 valence electrons. The SMILES string of the molecule is O=C(NO)c1cc(NC(=O)c2c(Oc3ccc(Br)cc3C(F)(F)F)ccc(C(F)(F)F)c2F)ccc1F. The van der Waals surface area contributed by atoms with Gasteiger partial charge in [-0.3, -0.25) is 14.8 Å². The Balaban J connectivity index is 2.12. The zero-order chi connectivity index (χ0) is 27.7. The van der Waals surface area contributed by atoms with E-state index in [-0.39, 0.29) is 10.5 Å². The normalized spacial score (nSPS) is 11.7. The molecule has 0 aliphatic heterocycles. The standard InChI is InChI=1S/C22H11BrF8N2O4/c23-9-1-5-15(13(7-9)22(29,30)31)37-16-6-3-12(21(26,27)28)18(25)17(16)20(35)32-10-2-4-14(24)11(8-10)19(34)33-36/h1-8,36H,(H,32,35)(H,33,34). The van der Waals surface area contributed by atoms with Crippen molar-refractivity contribution in [3.8, 4) is 11.5 Å². The minimum atomic E-state index is -5.30. The maximum absolute atomic E-state index is 15.0. The largest absolute Gasteiger partial charge is 0.456 e. The van der Waals surface area contributed by atoms with Crippen LogP contribution >= 0.6 is 15.9 Å². The molecule has 0 aliphatic rings. The molecule has 37 heavy (non-hydrogen) atoms. The molecule has 0 aromatic heterocycles. The third kappa shape index (κ3) is 6.17. The van der Waals surface area contributed by atoms with Crippen LogP contribution in [0.15, 0.2) is 53.0 Å². The molecular formula is C22H11BrF8N2O4. The summed E-state index contributed by atoms with van der Waals surface area (Å²) < 4.78 is 114. The Kier molecular flexibility index (Phi) is 7.78. The van der Waals surface area contributed by atoms with Crippen LogP contribution in [0.3, 0.4) is 0 Å². The second kappa shape index (κ2) is 10.3. The van der Waals surface area contributed by atoms with Gasteiger partial charge in [-0.05, 0) is 48.5 Å². The highest BCUT2D eigenvalue weighted by molar-refractivity contribution is 9.10. The maximum atomic E-state index is 15.0. The van der Waals surface area contributed by atoms with Crippen LogP contribution in [0, 0.1) is 11.6 Å². The number of benzene rings is 3. The first-order chi connectivity index (χ1) is 17.1. The Hall–Kier alpha value is -3.72. The van der Waals surface area contributed by atoms with E-state index in [0.717, 1.165) is 23.7 Å². The van der Waals surface area contributed by atoms with Gasteiger partial charge in [-0.15, -0.1) is 0 Å². The summed E-state index contributed by atoms with van der Waals surface area (Å²) in [5, 5.41) is 10.6. The Bertz CT molecular complexity index is 1380. The Morgan fingerprint density at radius 2 is 1.43 bits per heavy atom. The van der Waals surface area contributed by atoms with Gasteiger partial charge in [-0.1, -0.05) is 15.9 Å². The predicted molar refractivity (Wildman–Crippen MR) is 114 cm³/mol. The van der Waals surface area contributed by atoms with E-state index < -0.39 is 75.2 Å².